The van der Waals surface area contributed by atoms with Crippen molar-refractivity contribution in [3.63, 3.8) is 0 Å². The van der Waals surface area contributed by atoms with Crippen molar-refractivity contribution in [2.75, 3.05) is 0 Å². The van der Waals surface area contributed by atoms with E-state index >= 15 is 0 Å². The zero-order chi connectivity index (χ0) is 12.1. The Morgan fingerprint density at radius 2 is 1.81 bits per heavy atom. The highest BCUT2D eigenvalue weighted by Gasteiger charge is 2.17. The first-order valence-corrected chi connectivity index (χ1v) is 6.06. The molecule has 1 nitrogen and oxygen atoms in total. The number of hydrogen-bond donors (Lipinski definition) is 1. The minimum Gasteiger partial charge on any atom is -0.307 e. The second-order valence-electron chi connectivity index (χ2n) is 4.68. The van der Waals surface area contributed by atoms with Crippen LogP contribution in [0, 0.1) is 11.7 Å². The van der Waals surface area contributed by atoms with E-state index in [1.807, 2.05) is 12.1 Å². The molecule has 16 heavy (non-hydrogen) atoms. The van der Waals surface area contributed by atoms with Crippen molar-refractivity contribution >= 4 is 0 Å². The van der Waals surface area contributed by atoms with Gasteiger partial charge >= 0.3 is 0 Å². The van der Waals surface area contributed by atoms with Gasteiger partial charge in [-0.2, -0.15) is 0 Å². The summed E-state index contributed by atoms with van der Waals surface area (Å²) < 4.78 is 13.6. The predicted octanol–water partition coefficient (Wildman–Crippen LogP) is 3.91. The summed E-state index contributed by atoms with van der Waals surface area (Å²) in [6.07, 6.45) is 0.901. The standard InChI is InChI=1S/C14H22FN/c1-5-14(16-11(4)10(2)3)12-8-6-7-9-13(12)15/h6-11,14,16H,5H2,1-4H3. The van der Waals surface area contributed by atoms with Crippen LogP contribution < -0.4 is 5.32 Å². The first-order chi connectivity index (χ1) is 7.56. The van der Waals surface area contributed by atoms with Crippen LogP contribution in [0.1, 0.15) is 45.7 Å². The van der Waals surface area contributed by atoms with Crippen LogP contribution in [-0.4, -0.2) is 6.04 Å². The third kappa shape index (κ3) is 3.31. The van der Waals surface area contributed by atoms with Crippen molar-refractivity contribution in [1.29, 1.82) is 0 Å². The van der Waals surface area contributed by atoms with E-state index in [4.69, 9.17) is 0 Å². The van der Waals surface area contributed by atoms with Crippen molar-refractivity contribution in [3.05, 3.63) is 35.6 Å². The molecule has 2 unspecified atom stereocenters. The van der Waals surface area contributed by atoms with Gasteiger partial charge in [0, 0.05) is 17.6 Å². The van der Waals surface area contributed by atoms with Crippen LogP contribution in [0.25, 0.3) is 0 Å². The van der Waals surface area contributed by atoms with Gasteiger partial charge in [0.2, 0.25) is 0 Å². The second-order valence-corrected chi connectivity index (χ2v) is 4.68. The van der Waals surface area contributed by atoms with Crippen molar-refractivity contribution in [2.24, 2.45) is 5.92 Å². The van der Waals surface area contributed by atoms with E-state index in [-0.39, 0.29) is 11.9 Å². The van der Waals surface area contributed by atoms with Gasteiger partial charge in [0.1, 0.15) is 5.82 Å². The molecule has 0 heterocycles. The summed E-state index contributed by atoms with van der Waals surface area (Å²) >= 11 is 0. The van der Waals surface area contributed by atoms with Crippen LogP contribution in [0.15, 0.2) is 24.3 Å². The van der Waals surface area contributed by atoms with E-state index in [0.717, 1.165) is 12.0 Å². The van der Waals surface area contributed by atoms with Gasteiger partial charge < -0.3 is 5.32 Å². The number of halogens is 1. The minimum atomic E-state index is -0.113. The lowest BCUT2D eigenvalue weighted by atomic mass is 10.00. The van der Waals surface area contributed by atoms with E-state index in [2.05, 4.69) is 33.0 Å². The molecule has 2 heteroatoms. The molecule has 90 valence electrons. The summed E-state index contributed by atoms with van der Waals surface area (Å²) in [5.74, 6) is 0.443. The molecule has 1 N–H and O–H groups in total. The Balaban J connectivity index is 2.79. The number of hydrogen-bond acceptors (Lipinski definition) is 1. The van der Waals surface area contributed by atoms with Crippen LogP contribution in [0.3, 0.4) is 0 Å². The third-order valence-electron chi connectivity index (χ3n) is 3.15. The van der Waals surface area contributed by atoms with Gasteiger partial charge in [-0.1, -0.05) is 39.0 Å². The first kappa shape index (κ1) is 13.2. The maximum absolute atomic E-state index is 13.6. The highest BCUT2D eigenvalue weighted by molar-refractivity contribution is 5.21. The van der Waals surface area contributed by atoms with Crippen LogP contribution in [-0.2, 0) is 0 Å². The third-order valence-corrected chi connectivity index (χ3v) is 3.15. The average molecular weight is 223 g/mol. The fourth-order valence-corrected chi connectivity index (χ4v) is 1.70. The molecule has 1 aromatic carbocycles. The van der Waals surface area contributed by atoms with Gasteiger partial charge in [0.25, 0.3) is 0 Å². The van der Waals surface area contributed by atoms with Gasteiger partial charge in [-0.25, -0.2) is 4.39 Å². The molecule has 0 fully saturated rings. The summed E-state index contributed by atoms with van der Waals surface area (Å²) in [6.45, 7) is 8.57. The number of nitrogens with one attached hydrogen (secondary N) is 1. The van der Waals surface area contributed by atoms with Gasteiger partial charge in [-0.05, 0) is 25.3 Å². The molecule has 1 rings (SSSR count). The van der Waals surface area contributed by atoms with E-state index in [1.165, 1.54) is 6.07 Å². The number of benzene rings is 1. The first-order valence-electron chi connectivity index (χ1n) is 6.06. The molecule has 0 aliphatic carbocycles. The van der Waals surface area contributed by atoms with Gasteiger partial charge in [0.15, 0.2) is 0 Å². The van der Waals surface area contributed by atoms with Crippen molar-refractivity contribution in [3.8, 4) is 0 Å². The lowest BCUT2D eigenvalue weighted by Gasteiger charge is -2.25. The molecule has 0 aliphatic rings. The Bertz CT molecular complexity index is 322. The highest BCUT2D eigenvalue weighted by Crippen LogP contribution is 2.21. The molecule has 0 saturated heterocycles. The molecule has 0 amide bonds. The van der Waals surface area contributed by atoms with E-state index in [1.54, 1.807) is 6.07 Å². The molecular formula is C14H22FN. The lowest BCUT2D eigenvalue weighted by molar-refractivity contribution is 0.364. The summed E-state index contributed by atoms with van der Waals surface area (Å²) in [4.78, 5) is 0. The summed E-state index contributed by atoms with van der Waals surface area (Å²) in [5.41, 5.74) is 0.775. The van der Waals surface area contributed by atoms with Crippen molar-refractivity contribution in [1.82, 2.24) is 5.32 Å². The fourth-order valence-electron chi connectivity index (χ4n) is 1.70. The molecular weight excluding hydrogens is 201 g/mol. The molecule has 0 radical (unpaired) electrons. The minimum absolute atomic E-state index is 0.110. The van der Waals surface area contributed by atoms with Gasteiger partial charge in [-0.15, -0.1) is 0 Å². The Morgan fingerprint density at radius 3 is 2.31 bits per heavy atom. The van der Waals surface area contributed by atoms with Crippen LogP contribution >= 0.6 is 0 Å². The van der Waals surface area contributed by atoms with E-state index < -0.39 is 0 Å². The fraction of sp³-hybridized carbons (Fsp3) is 0.571. The van der Waals surface area contributed by atoms with E-state index in [0.29, 0.717) is 12.0 Å². The second kappa shape index (κ2) is 6.00. The monoisotopic (exact) mass is 223 g/mol. The Labute approximate surface area is 98.1 Å². The van der Waals surface area contributed by atoms with Crippen molar-refractivity contribution < 1.29 is 4.39 Å². The normalized spacial score (nSPS) is 15.1. The molecule has 0 saturated carbocycles. The molecule has 0 aliphatic heterocycles. The van der Waals surface area contributed by atoms with Gasteiger partial charge in [0.05, 0.1) is 0 Å². The zero-order valence-electron chi connectivity index (χ0n) is 10.6. The highest BCUT2D eigenvalue weighted by atomic mass is 19.1. The maximum Gasteiger partial charge on any atom is 0.127 e. The lowest BCUT2D eigenvalue weighted by Crippen LogP contribution is -2.34. The molecule has 2 atom stereocenters. The Kier molecular flexibility index (Phi) is 4.94. The zero-order valence-corrected chi connectivity index (χ0v) is 10.6. The molecule has 1 aromatic rings. The van der Waals surface area contributed by atoms with Crippen molar-refractivity contribution in [2.45, 2.75) is 46.2 Å². The largest absolute Gasteiger partial charge is 0.307 e. The van der Waals surface area contributed by atoms with Gasteiger partial charge in [-0.3, -0.25) is 0 Å². The van der Waals surface area contributed by atoms with Crippen LogP contribution in [0.5, 0.6) is 0 Å². The Hall–Kier alpha value is -0.890. The average Bonchev–Trinajstić information content (AvgIpc) is 2.26. The Morgan fingerprint density at radius 1 is 1.19 bits per heavy atom. The van der Waals surface area contributed by atoms with Crippen LogP contribution in [0.2, 0.25) is 0 Å². The van der Waals surface area contributed by atoms with Crippen LogP contribution in [0.4, 0.5) is 4.39 Å². The summed E-state index contributed by atoms with van der Waals surface area (Å²) in [5, 5.41) is 3.48. The smallest absolute Gasteiger partial charge is 0.127 e. The molecule has 0 bridgehead atoms. The van der Waals surface area contributed by atoms with E-state index in [9.17, 15) is 4.39 Å². The maximum atomic E-state index is 13.6. The molecule has 0 aromatic heterocycles. The topological polar surface area (TPSA) is 12.0 Å². The summed E-state index contributed by atoms with van der Waals surface area (Å²) in [6, 6.07) is 7.52. The summed E-state index contributed by atoms with van der Waals surface area (Å²) in [7, 11) is 0. The quantitative estimate of drug-likeness (QED) is 0.798. The molecule has 0 spiro atoms. The number of rotatable bonds is 5. The SMILES string of the molecule is CCC(NC(C)C(C)C)c1ccccc1F. The predicted molar refractivity (Wildman–Crippen MR) is 66.9 cm³/mol.